The Hall–Kier alpha value is -1.53. The number of carboxylic acids is 1. The number of ether oxygens (including phenoxy) is 2. The zero-order valence-corrected chi connectivity index (χ0v) is 14.0. The minimum atomic E-state index is -1.24. The van der Waals surface area contributed by atoms with Gasteiger partial charge in [-0.05, 0) is 46.6 Å². The third-order valence-corrected chi connectivity index (χ3v) is 3.18. The Balaban J connectivity index is 2.98. The van der Waals surface area contributed by atoms with Crippen LogP contribution >= 0.6 is 15.9 Å². The van der Waals surface area contributed by atoms with E-state index in [9.17, 15) is 9.90 Å². The van der Waals surface area contributed by atoms with Gasteiger partial charge in [-0.1, -0.05) is 6.08 Å². The van der Waals surface area contributed by atoms with E-state index in [4.69, 9.17) is 9.47 Å². The number of likely N-dealkylation sites (N-methyl/N-ethyl adjacent to an activating group) is 1. The molecule has 0 saturated carbocycles. The lowest BCUT2D eigenvalue weighted by atomic mass is 10.2. The molecule has 0 spiro atoms. The second-order valence-electron chi connectivity index (χ2n) is 4.72. The molecule has 0 unspecified atom stereocenters. The fourth-order valence-corrected chi connectivity index (χ4v) is 2.18. The molecule has 0 aliphatic carbocycles. The predicted molar refractivity (Wildman–Crippen MR) is 82.5 cm³/mol. The van der Waals surface area contributed by atoms with Crippen molar-refractivity contribution in [1.29, 1.82) is 0 Å². The highest BCUT2D eigenvalue weighted by Gasteiger charge is 2.12. The van der Waals surface area contributed by atoms with E-state index in [0.717, 1.165) is 17.1 Å². The molecule has 0 aromatic heterocycles. The van der Waals surface area contributed by atoms with E-state index in [2.05, 4.69) is 30.0 Å². The predicted octanol–water partition coefficient (Wildman–Crippen LogP) is 0.134. The molecule has 21 heavy (non-hydrogen) atoms. The number of halogens is 1. The van der Waals surface area contributed by atoms with Gasteiger partial charge in [0.25, 0.3) is 0 Å². The van der Waals surface area contributed by atoms with Crippen molar-refractivity contribution >= 4 is 28.0 Å². The van der Waals surface area contributed by atoms with Gasteiger partial charge >= 0.3 is 0 Å². The van der Waals surface area contributed by atoms with E-state index in [0.29, 0.717) is 30.3 Å². The van der Waals surface area contributed by atoms with E-state index in [1.807, 2.05) is 6.92 Å². The Kier molecular flexibility index (Phi) is 7.25. The maximum atomic E-state index is 10.5. The summed E-state index contributed by atoms with van der Waals surface area (Å²) in [5.74, 6) is -0.0271. The molecule has 116 valence electrons. The molecular formula is C15H20BrNO4. The molecular weight excluding hydrogens is 338 g/mol. The zero-order chi connectivity index (χ0) is 15.8. The molecule has 0 bridgehead atoms. The van der Waals surface area contributed by atoms with Crippen LogP contribution in [0.15, 0.2) is 22.7 Å². The second kappa shape index (κ2) is 8.69. The average molecular weight is 358 g/mol. The SMILES string of the molecule is CCOc1cc(/C=C/C(=O)[O-])cc(Br)c1OCC[NH+](C)C. The molecule has 0 aliphatic rings. The molecule has 6 heteroatoms. The number of rotatable bonds is 8. The van der Waals surface area contributed by atoms with Crippen molar-refractivity contribution in [2.24, 2.45) is 0 Å². The fourth-order valence-electron chi connectivity index (χ4n) is 1.61. The van der Waals surface area contributed by atoms with Gasteiger partial charge in [-0.25, -0.2) is 0 Å². The number of nitrogens with one attached hydrogen (secondary N) is 1. The van der Waals surface area contributed by atoms with E-state index in [-0.39, 0.29) is 0 Å². The Morgan fingerprint density at radius 1 is 1.38 bits per heavy atom. The van der Waals surface area contributed by atoms with Gasteiger partial charge < -0.3 is 24.3 Å². The number of benzene rings is 1. The molecule has 0 aliphatic heterocycles. The highest BCUT2D eigenvalue weighted by molar-refractivity contribution is 9.10. The van der Waals surface area contributed by atoms with Gasteiger partial charge in [-0.3, -0.25) is 0 Å². The number of carboxylic acid groups (broad SMARTS) is 1. The van der Waals surface area contributed by atoms with E-state index >= 15 is 0 Å². The summed E-state index contributed by atoms with van der Waals surface area (Å²) in [6, 6.07) is 3.52. The average Bonchev–Trinajstić information content (AvgIpc) is 2.39. The first-order chi connectivity index (χ1) is 9.93. The van der Waals surface area contributed by atoms with Crippen LogP contribution < -0.4 is 19.5 Å². The summed E-state index contributed by atoms with van der Waals surface area (Å²) in [4.78, 5) is 11.8. The van der Waals surface area contributed by atoms with Crippen molar-refractivity contribution < 1.29 is 24.3 Å². The van der Waals surface area contributed by atoms with Gasteiger partial charge in [0.15, 0.2) is 11.5 Å². The number of carbonyl (C=O) groups excluding carboxylic acids is 1. The van der Waals surface area contributed by atoms with Gasteiger partial charge in [-0.15, -0.1) is 0 Å². The molecule has 0 amide bonds. The van der Waals surface area contributed by atoms with Crippen LogP contribution in [0, 0.1) is 0 Å². The molecule has 1 aromatic carbocycles. The molecule has 0 saturated heterocycles. The third kappa shape index (κ3) is 6.18. The van der Waals surface area contributed by atoms with Crippen molar-refractivity contribution in [3.63, 3.8) is 0 Å². The first-order valence-corrected chi connectivity index (χ1v) is 7.50. The van der Waals surface area contributed by atoms with Crippen molar-refractivity contribution in [3.8, 4) is 11.5 Å². The van der Waals surface area contributed by atoms with Crippen LogP contribution in [-0.2, 0) is 4.79 Å². The quantitative estimate of drug-likeness (QED) is 0.672. The van der Waals surface area contributed by atoms with Gasteiger partial charge in [0, 0.05) is 0 Å². The normalized spacial score (nSPS) is 11.1. The van der Waals surface area contributed by atoms with Gasteiger partial charge in [0.2, 0.25) is 0 Å². The molecule has 5 nitrogen and oxygen atoms in total. The van der Waals surface area contributed by atoms with Crippen LogP contribution in [0.4, 0.5) is 0 Å². The Morgan fingerprint density at radius 2 is 2.10 bits per heavy atom. The summed E-state index contributed by atoms with van der Waals surface area (Å²) in [7, 11) is 4.10. The van der Waals surface area contributed by atoms with Gasteiger partial charge in [0.1, 0.15) is 13.2 Å². The lowest BCUT2D eigenvalue weighted by Crippen LogP contribution is -3.06. The standard InChI is InChI=1S/C15H20BrNO4/c1-4-20-13-10-11(5-6-14(18)19)9-12(16)15(13)21-8-7-17(2)3/h5-6,9-10H,4,7-8H2,1-3H3,(H,18,19)/b6-5+. The highest BCUT2D eigenvalue weighted by atomic mass is 79.9. The van der Waals surface area contributed by atoms with Crippen molar-refractivity contribution in [2.75, 3.05) is 33.9 Å². The topological polar surface area (TPSA) is 63.0 Å². The van der Waals surface area contributed by atoms with Crippen LogP contribution in [0.1, 0.15) is 12.5 Å². The number of carbonyl (C=O) groups is 1. The molecule has 0 atom stereocenters. The van der Waals surface area contributed by atoms with E-state index < -0.39 is 5.97 Å². The van der Waals surface area contributed by atoms with Crippen molar-refractivity contribution in [2.45, 2.75) is 6.92 Å². The van der Waals surface area contributed by atoms with Crippen LogP contribution in [0.2, 0.25) is 0 Å². The maximum Gasteiger partial charge on any atom is 0.175 e. The molecule has 1 aromatic rings. The number of hydrogen-bond acceptors (Lipinski definition) is 4. The maximum absolute atomic E-state index is 10.5. The van der Waals surface area contributed by atoms with Crippen molar-refractivity contribution in [1.82, 2.24) is 0 Å². The summed E-state index contributed by atoms with van der Waals surface area (Å²) in [5, 5.41) is 10.5. The van der Waals surface area contributed by atoms with Gasteiger partial charge in [-0.2, -0.15) is 0 Å². The number of quaternary nitrogens is 1. The number of hydrogen-bond donors (Lipinski definition) is 1. The summed E-state index contributed by atoms with van der Waals surface area (Å²) >= 11 is 3.43. The minimum Gasteiger partial charge on any atom is -0.545 e. The lowest BCUT2D eigenvalue weighted by Gasteiger charge is -2.15. The van der Waals surface area contributed by atoms with Gasteiger partial charge in [0.05, 0.1) is 31.1 Å². The summed E-state index contributed by atoms with van der Waals surface area (Å²) in [5.41, 5.74) is 0.695. The first kappa shape index (κ1) is 17.5. The molecule has 0 radical (unpaired) electrons. The van der Waals surface area contributed by atoms with E-state index in [1.54, 1.807) is 12.1 Å². The first-order valence-electron chi connectivity index (χ1n) is 6.71. The lowest BCUT2D eigenvalue weighted by molar-refractivity contribution is -0.858. The fraction of sp³-hybridized carbons (Fsp3) is 0.400. The summed E-state index contributed by atoms with van der Waals surface area (Å²) < 4.78 is 12.1. The van der Waals surface area contributed by atoms with E-state index in [1.165, 1.54) is 11.0 Å². The van der Waals surface area contributed by atoms with Crippen molar-refractivity contribution in [3.05, 3.63) is 28.2 Å². The Morgan fingerprint density at radius 3 is 2.67 bits per heavy atom. The molecule has 0 fully saturated rings. The van der Waals surface area contributed by atoms with Crippen LogP contribution in [0.3, 0.4) is 0 Å². The van der Waals surface area contributed by atoms with Crippen LogP contribution in [-0.4, -0.2) is 39.8 Å². The number of aliphatic carboxylic acids is 1. The highest BCUT2D eigenvalue weighted by Crippen LogP contribution is 2.37. The largest absolute Gasteiger partial charge is 0.545 e. The molecule has 1 N–H and O–H groups in total. The van der Waals surface area contributed by atoms with Crippen LogP contribution in [0.25, 0.3) is 6.08 Å². The Labute approximate surface area is 133 Å². The monoisotopic (exact) mass is 357 g/mol. The summed E-state index contributed by atoms with van der Waals surface area (Å²) in [6.45, 7) is 3.81. The minimum absolute atomic E-state index is 0.495. The van der Waals surface area contributed by atoms with Crippen LogP contribution in [0.5, 0.6) is 11.5 Å². The third-order valence-electron chi connectivity index (χ3n) is 2.59. The second-order valence-corrected chi connectivity index (χ2v) is 5.58. The zero-order valence-electron chi connectivity index (χ0n) is 12.4. The molecule has 0 heterocycles. The molecule has 1 rings (SSSR count). The smallest absolute Gasteiger partial charge is 0.175 e. The Bertz CT molecular complexity index is 515. The summed E-state index contributed by atoms with van der Waals surface area (Å²) in [6.07, 6.45) is 2.43.